The summed E-state index contributed by atoms with van der Waals surface area (Å²) in [5.74, 6) is 1.08. The van der Waals surface area contributed by atoms with Crippen molar-refractivity contribution in [3.63, 3.8) is 0 Å². The number of hydrogen-bond donors (Lipinski definition) is 1. The normalized spacial score (nSPS) is 15.3. The number of aliphatic imine (C=N–C) groups is 1. The molecule has 0 aromatic heterocycles. The number of hydrogen-bond acceptors (Lipinski definition) is 2. The summed E-state index contributed by atoms with van der Waals surface area (Å²) in [6.07, 6.45) is 2.20. The second-order valence-electron chi connectivity index (χ2n) is 3.66. The lowest BCUT2D eigenvalue weighted by molar-refractivity contribution is 0.951. The molecule has 2 rings (SSSR count). The van der Waals surface area contributed by atoms with E-state index in [1.54, 1.807) is 0 Å². The Labute approximate surface area is 106 Å². The van der Waals surface area contributed by atoms with E-state index in [1.807, 2.05) is 0 Å². The highest BCUT2D eigenvalue weighted by Gasteiger charge is 2.11. The fourth-order valence-electron chi connectivity index (χ4n) is 1.61. The average molecular weight is 332 g/mol. The summed E-state index contributed by atoms with van der Waals surface area (Å²) in [7, 11) is 0. The van der Waals surface area contributed by atoms with Gasteiger partial charge in [-0.1, -0.05) is 0 Å². The van der Waals surface area contributed by atoms with Gasteiger partial charge in [-0.2, -0.15) is 0 Å². The Hall–Kier alpha value is -0.350. The SMILES string of the molecule is Cc1cc(Br)c(NC2=NCCC2)c(Br)c1. The first kappa shape index (κ1) is 11.1. The van der Waals surface area contributed by atoms with Crippen LogP contribution in [0.4, 0.5) is 5.69 Å². The number of aryl methyl sites for hydroxylation is 1. The third-order valence-corrected chi connectivity index (χ3v) is 3.58. The summed E-state index contributed by atoms with van der Waals surface area (Å²) >= 11 is 7.12. The van der Waals surface area contributed by atoms with E-state index in [2.05, 4.69) is 61.2 Å². The largest absolute Gasteiger partial charge is 0.342 e. The number of nitrogens with zero attached hydrogens (tertiary/aromatic N) is 1. The zero-order valence-corrected chi connectivity index (χ0v) is 11.7. The van der Waals surface area contributed by atoms with Gasteiger partial charge in [0.25, 0.3) is 0 Å². The van der Waals surface area contributed by atoms with Gasteiger partial charge in [-0.05, 0) is 62.9 Å². The fraction of sp³-hybridized carbons (Fsp3) is 0.364. The molecular formula is C11H12Br2N2. The molecule has 1 aromatic carbocycles. The van der Waals surface area contributed by atoms with Crippen molar-refractivity contribution >= 4 is 43.4 Å². The van der Waals surface area contributed by atoms with Crippen LogP contribution in [-0.2, 0) is 0 Å². The first-order chi connectivity index (χ1) is 7.16. The molecule has 2 nitrogen and oxygen atoms in total. The second kappa shape index (κ2) is 4.66. The molecule has 1 aliphatic heterocycles. The van der Waals surface area contributed by atoms with Crippen molar-refractivity contribution in [2.75, 3.05) is 11.9 Å². The van der Waals surface area contributed by atoms with Crippen LogP contribution in [0.1, 0.15) is 18.4 Å². The van der Waals surface area contributed by atoms with Gasteiger partial charge in [0.2, 0.25) is 0 Å². The van der Waals surface area contributed by atoms with Crippen LogP contribution in [-0.4, -0.2) is 12.4 Å². The minimum absolute atomic E-state index is 0.948. The van der Waals surface area contributed by atoms with E-state index < -0.39 is 0 Å². The monoisotopic (exact) mass is 330 g/mol. The smallest absolute Gasteiger partial charge is 0.101 e. The Morgan fingerprint density at radius 1 is 1.27 bits per heavy atom. The van der Waals surface area contributed by atoms with Crippen molar-refractivity contribution in [1.82, 2.24) is 0 Å². The lowest BCUT2D eigenvalue weighted by Gasteiger charge is -2.11. The molecule has 1 aliphatic rings. The number of rotatable bonds is 1. The summed E-state index contributed by atoms with van der Waals surface area (Å²) in [6, 6.07) is 4.20. The molecular weight excluding hydrogens is 320 g/mol. The van der Waals surface area contributed by atoms with E-state index in [-0.39, 0.29) is 0 Å². The summed E-state index contributed by atoms with van der Waals surface area (Å²) < 4.78 is 2.15. The highest BCUT2D eigenvalue weighted by molar-refractivity contribution is 9.11. The highest BCUT2D eigenvalue weighted by Crippen LogP contribution is 2.32. The lowest BCUT2D eigenvalue weighted by Crippen LogP contribution is -2.09. The average Bonchev–Trinajstić information content (AvgIpc) is 2.63. The van der Waals surface area contributed by atoms with Gasteiger partial charge >= 0.3 is 0 Å². The molecule has 1 aromatic rings. The van der Waals surface area contributed by atoms with Gasteiger partial charge in [0.15, 0.2) is 0 Å². The Morgan fingerprint density at radius 3 is 2.47 bits per heavy atom. The van der Waals surface area contributed by atoms with E-state index in [1.165, 1.54) is 5.56 Å². The Morgan fingerprint density at radius 2 is 1.93 bits per heavy atom. The fourth-order valence-corrected chi connectivity index (χ4v) is 3.22. The Kier molecular flexibility index (Phi) is 3.46. The van der Waals surface area contributed by atoms with Crippen LogP contribution in [0.25, 0.3) is 0 Å². The van der Waals surface area contributed by atoms with Gasteiger partial charge in [0.05, 0.1) is 5.69 Å². The van der Waals surface area contributed by atoms with E-state index in [4.69, 9.17) is 0 Å². The predicted molar refractivity (Wildman–Crippen MR) is 71.7 cm³/mol. The molecule has 0 spiro atoms. The quantitative estimate of drug-likeness (QED) is 0.822. The molecule has 0 radical (unpaired) electrons. The lowest BCUT2D eigenvalue weighted by atomic mass is 10.2. The summed E-state index contributed by atoms with van der Waals surface area (Å²) in [5.41, 5.74) is 2.30. The minimum Gasteiger partial charge on any atom is -0.342 e. The van der Waals surface area contributed by atoms with E-state index in [0.29, 0.717) is 0 Å². The molecule has 0 bridgehead atoms. The van der Waals surface area contributed by atoms with Crippen molar-refractivity contribution in [1.29, 1.82) is 0 Å². The zero-order chi connectivity index (χ0) is 10.8. The van der Waals surface area contributed by atoms with Crippen LogP contribution >= 0.6 is 31.9 Å². The Bertz CT molecular complexity index is 390. The summed E-state index contributed by atoms with van der Waals surface area (Å²) in [5, 5.41) is 3.36. The number of anilines is 1. The van der Waals surface area contributed by atoms with Gasteiger partial charge in [-0.25, -0.2) is 0 Å². The molecule has 0 aliphatic carbocycles. The maximum atomic E-state index is 4.40. The first-order valence-electron chi connectivity index (χ1n) is 4.93. The van der Waals surface area contributed by atoms with Crippen molar-refractivity contribution in [3.8, 4) is 0 Å². The summed E-state index contributed by atoms with van der Waals surface area (Å²) in [4.78, 5) is 4.40. The molecule has 1 N–H and O–H groups in total. The van der Waals surface area contributed by atoms with E-state index in [9.17, 15) is 0 Å². The van der Waals surface area contributed by atoms with Crippen molar-refractivity contribution in [2.45, 2.75) is 19.8 Å². The second-order valence-corrected chi connectivity index (χ2v) is 5.37. The van der Waals surface area contributed by atoms with Crippen LogP contribution in [0.5, 0.6) is 0 Å². The zero-order valence-electron chi connectivity index (χ0n) is 8.48. The maximum Gasteiger partial charge on any atom is 0.101 e. The van der Waals surface area contributed by atoms with Crippen LogP contribution in [0.3, 0.4) is 0 Å². The molecule has 0 unspecified atom stereocenters. The molecule has 1 heterocycles. The van der Waals surface area contributed by atoms with Crippen molar-refractivity contribution in [2.24, 2.45) is 4.99 Å². The highest BCUT2D eigenvalue weighted by atomic mass is 79.9. The van der Waals surface area contributed by atoms with Crippen molar-refractivity contribution in [3.05, 3.63) is 26.6 Å². The van der Waals surface area contributed by atoms with Crippen molar-refractivity contribution < 1.29 is 0 Å². The maximum absolute atomic E-state index is 4.40. The molecule has 0 saturated carbocycles. The van der Waals surface area contributed by atoms with Crippen LogP contribution in [0, 0.1) is 6.92 Å². The van der Waals surface area contributed by atoms with Crippen LogP contribution in [0.15, 0.2) is 26.1 Å². The molecule has 0 atom stereocenters. The molecule has 0 fully saturated rings. The standard InChI is InChI=1S/C11H12Br2N2/c1-7-5-8(12)11(9(13)6-7)15-10-3-2-4-14-10/h5-6H,2-4H2,1H3,(H,14,15). The molecule has 80 valence electrons. The van der Waals surface area contributed by atoms with Gasteiger partial charge in [0, 0.05) is 21.9 Å². The number of halogens is 2. The van der Waals surface area contributed by atoms with E-state index >= 15 is 0 Å². The summed E-state index contributed by atoms with van der Waals surface area (Å²) in [6.45, 7) is 3.02. The Balaban J connectivity index is 2.27. The number of amidine groups is 1. The third-order valence-electron chi connectivity index (χ3n) is 2.33. The van der Waals surface area contributed by atoms with Gasteiger partial charge in [-0.3, -0.25) is 4.99 Å². The topological polar surface area (TPSA) is 24.4 Å². The molecule has 15 heavy (non-hydrogen) atoms. The van der Waals surface area contributed by atoms with Crippen LogP contribution < -0.4 is 5.32 Å². The van der Waals surface area contributed by atoms with Gasteiger partial charge in [-0.15, -0.1) is 0 Å². The predicted octanol–water partition coefficient (Wildman–Crippen LogP) is 4.12. The van der Waals surface area contributed by atoms with Gasteiger partial charge in [0.1, 0.15) is 5.84 Å². The first-order valence-corrected chi connectivity index (χ1v) is 6.51. The minimum atomic E-state index is 0.948. The number of nitrogens with one attached hydrogen (secondary N) is 1. The van der Waals surface area contributed by atoms with Crippen LogP contribution in [0.2, 0.25) is 0 Å². The van der Waals surface area contributed by atoms with E-state index in [0.717, 1.165) is 39.9 Å². The molecule has 4 heteroatoms. The molecule has 0 amide bonds. The third kappa shape index (κ3) is 2.61. The van der Waals surface area contributed by atoms with Gasteiger partial charge < -0.3 is 5.32 Å². The molecule has 0 saturated heterocycles. The number of benzene rings is 1.